The van der Waals surface area contributed by atoms with E-state index in [0.29, 0.717) is 30.8 Å². The number of benzene rings is 3. The van der Waals surface area contributed by atoms with Crippen molar-refractivity contribution in [3.8, 4) is 22.3 Å². The first-order chi connectivity index (χ1) is 32.3. The maximum absolute atomic E-state index is 14.1. The van der Waals surface area contributed by atoms with Crippen LogP contribution in [0.3, 0.4) is 0 Å². The summed E-state index contributed by atoms with van der Waals surface area (Å²) in [5, 5.41) is 27.4. The van der Waals surface area contributed by atoms with Crippen LogP contribution < -0.4 is 16.0 Å². The molecule has 5 N–H and O–H groups in total. The van der Waals surface area contributed by atoms with Gasteiger partial charge in [-0.3, -0.25) is 29.2 Å². The van der Waals surface area contributed by atoms with Crippen LogP contribution in [-0.4, -0.2) is 104 Å². The number of H-pyrrole nitrogens is 1. The molecule has 4 heterocycles. The number of aromatic amines is 1. The minimum absolute atomic E-state index is 0.00540. The van der Waals surface area contributed by atoms with Crippen molar-refractivity contribution in [2.24, 2.45) is 5.41 Å². The summed E-state index contributed by atoms with van der Waals surface area (Å²) in [6.07, 6.45) is 0.279. The van der Waals surface area contributed by atoms with Gasteiger partial charge >= 0.3 is 0 Å². The fourth-order valence-corrected chi connectivity index (χ4v) is 9.99. The van der Waals surface area contributed by atoms with Crippen LogP contribution in [-0.2, 0) is 26.5 Å². The number of unbranched alkanes of at least 4 members (excludes halogenated alkanes) is 1. The topological polar surface area (TPSA) is 176 Å². The number of aliphatic hydroxyl groups excluding tert-OH is 1. The molecule has 0 saturated carbocycles. The molecular formula is C53H65N9O5S. The summed E-state index contributed by atoms with van der Waals surface area (Å²) in [5.74, 6) is 5.44. The van der Waals surface area contributed by atoms with E-state index in [1.807, 2.05) is 70.5 Å². The smallest absolute Gasteiger partial charge is 0.256 e. The molecule has 0 aliphatic carbocycles. The molecule has 0 unspecified atom stereocenters. The van der Waals surface area contributed by atoms with Gasteiger partial charge in [0.05, 0.1) is 39.5 Å². The number of thiazole rings is 1. The summed E-state index contributed by atoms with van der Waals surface area (Å²) in [7, 11) is 4.16. The molecule has 68 heavy (non-hydrogen) atoms. The average Bonchev–Trinajstić information content (AvgIpc) is 4.08. The number of carbonyl (C=O) groups excluding carboxylic acids is 4. The number of aryl methyl sites for hydroxylation is 1. The fraction of sp³-hybridized carbons (Fsp3) is 0.434. The monoisotopic (exact) mass is 939 g/mol. The van der Waals surface area contributed by atoms with Gasteiger partial charge in [0.2, 0.25) is 17.7 Å². The van der Waals surface area contributed by atoms with Crippen molar-refractivity contribution < 1.29 is 24.3 Å². The molecule has 4 amide bonds. The number of likely N-dealkylation sites (tertiary alicyclic amines) is 1. The molecule has 5 aromatic rings. The van der Waals surface area contributed by atoms with Gasteiger partial charge in [-0.25, -0.2) is 4.98 Å². The lowest BCUT2D eigenvalue weighted by Gasteiger charge is -2.40. The second-order valence-corrected chi connectivity index (χ2v) is 20.7. The van der Waals surface area contributed by atoms with Gasteiger partial charge in [0.1, 0.15) is 12.1 Å². The van der Waals surface area contributed by atoms with E-state index in [-0.39, 0.29) is 54.7 Å². The zero-order chi connectivity index (χ0) is 48.9. The Morgan fingerprint density at radius 1 is 0.985 bits per heavy atom. The summed E-state index contributed by atoms with van der Waals surface area (Å²) >= 11 is 1.58. The molecule has 1 fully saturated rings. The molecule has 1 saturated heterocycles. The average molecular weight is 940 g/mol. The Hall–Kier alpha value is -6.18. The highest BCUT2D eigenvalue weighted by Crippen LogP contribution is 2.45. The van der Waals surface area contributed by atoms with Crippen LogP contribution in [0.15, 0.2) is 84.4 Å². The number of aromatic nitrogens is 3. The Labute approximate surface area is 404 Å². The number of amides is 4. The SMILES string of the molecule is Cc1ncsc1-c1ccc([C@H](C)NC(=O)[C@@H]2C[C@@H](O)CN2C(=O)[C@@H](NC(=O)CCCC#Cc2ccc(C(=O)Nc3n[nH]c4c3CN([C@H](CN(C)C)c3ccccc3)C4(C)C)cc2)C(C)(C)C)cc1. The largest absolute Gasteiger partial charge is 0.391 e. The second-order valence-electron chi connectivity index (χ2n) is 19.9. The van der Waals surface area contributed by atoms with Crippen molar-refractivity contribution in [2.75, 3.05) is 32.5 Å². The number of likely N-dealkylation sites (N-methyl/N-ethyl adjacent to an activating group) is 1. The highest BCUT2D eigenvalue weighted by molar-refractivity contribution is 7.13. The minimum Gasteiger partial charge on any atom is -0.391 e. The van der Waals surface area contributed by atoms with Crippen LogP contribution in [0.2, 0.25) is 0 Å². The Bertz CT molecular complexity index is 2640. The summed E-state index contributed by atoms with van der Waals surface area (Å²) in [6, 6.07) is 23.5. The van der Waals surface area contributed by atoms with Crippen LogP contribution in [0, 0.1) is 24.2 Å². The normalized spacial score (nSPS) is 18.0. The van der Waals surface area contributed by atoms with Gasteiger partial charge in [0, 0.05) is 61.6 Å². The third kappa shape index (κ3) is 11.4. The zero-order valence-electron chi connectivity index (χ0n) is 40.6. The van der Waals surface area contributed by atoms with E-state index in [0.717, 1.165) is 45.1 Å². The maximum Gasteiger partial charge on any atom is 0.256 e. The molecule has 358 valence electrons. The van der Waals surface area contributed by atoms with Crippen molar-refractivity contribution in [1.82, 2.24) is 40.5 Å². The zero-order valence-corrected chi connectivity index (χ0v) is 41.5. The first kappa shape index (κ1) is 49.7. The van der Waals surface area contributed by atoms with Gasteiger partial charge in [-0.2, -0.15) is 5.10 Å². The highest BCUT2D eigenvalue weighted by atomic mass is 32.1. The van der Waals surface area contributed by atoms with Gasteiger partial charge in [-0.15, -0.1) is 11.3 Å². The van der Waals surface area contributed by atoms with Crippen LogP contribution >= 0.6 is 11.3 Å². The number of anilines is 1. The molecule has 5 atom stereocenters. The number of β-amino-alcohol motifs (C(OH)–C–C–N with tert-alkyl or cyclic N) is 1. The highest BCUT2D eigenvalue weighted by Gasteiger charge is 2.46. The van der Waals surface area contributed by atoms with Crippen LogP contribution in [0.25, 0.3) is 10.4 Å². The van der Waals surface area contributed by atoms with Gasteiger partial charge in [-0.1, -0.05) is 87.2 Å². The summed E-state index contributed by atoms with van der Waals surface area (Å²) in [4.78, 5) is 66.1. The summed E-state index contributed by atoms with van der Waals surface area (Å²) in [6.45, 7) is 15.3. The molecule has 2 aliphatic rings. The molecular weight excluding hydrogens is 875 g/mol. The van der Waals surface area contributed by atoms with Gasteiger partial charge in [-0.05, 0) is 94.6 Å². The Morgan fingerprint density at radius 3 is 2.34 bits per heavy atom. The van der Waals surface area contributed by atoms with Gasteiger partial charge in [0.15, 0.2) is 5.82 Å². The summed E-state index contributed by atoms with van der Waals surface area (Å²) in [5.41, 5.74) is 8.13. The molecule has 14 nitrogen and oxygen atoms in total. The quantitative estimate of drug-likeness (QED) is 0.0532. The van der Waals surface area contributed by atoms with Crippen molar-refractivity contribution in [1.29, 1.82) is 0 Å². The first-order valence-electron chi connectivity index (χ1n) is 23.3. The number of nitrogens with one attached hydrogen (secondary N) is 4. The molecule has 0 spiro atoms. The lowest BCUT2D eigenvalue weighted by atomic mass is 9.85. The van der Waals surface area contributed by atoms with Crippen LogP contribution in [0.5, 0.6) is 0 Å². The van der Waals surface area contributed by atoms with E-state index in [9.17, 15) is 24.3 Å². The van der Waals surface area contributed by atoms with E-state index >= 15 is 0 Å². The number of carbonyl (C=O) groups is 4. The number of nitrogens with zero attached hydrogens (tertiary/aromatic N) is 5. The van der Waals surface area contributed by atoms with Crippen molar-refractivity contribution in [3.63, 3.8) is 0 Å². The second kappa shape index (κ2) is 21.0. The minimum atomic E-state index is -0.923. The molecule has 0 bridgehead atoms. The molecule has 2 aliphatic heterocycles. The van der Waals surface area contributed by atoms with E-state index in [4.69, 9.17) is 0 Å². The van der Waals surface area contributed by atoms with Crippen LogP contribution in [0.1, 0.15) is 123 Å². The number of aliphatic hydroxyl groups is 1. The third-order valence-corrected chi connectivity index (χ3v) is 14.0. The standard InChI is InChI=1S/C53H65N9O5S/c1-33(36-24-26-38(27-25-36)45-34(2)54-32-68-45)55-50(66)42-28-40(63)29-61(42)51(67)47(52(3,4)5)56-44(64)19-15-10-12-16-35-20-22-39(23-21-35)49(65)57-48-41-30-62(53(6,7)46(41)58-59-48)43(31-60(8)9)37-17-13-11-14-18-37/h11,13-14,17-18,20-27,32-33,40,42-43,47,63H,10,15,19,28-31H2,1-9H3,(H,55,66)(H,56,64)(H2,57,58,59,65)/t33-,40+,42-,43+,47+/m0/s1. The molecule has 7 rings (SSSR count). The molecule has 2 aromatic heterocycles. The lowest BCUT2D eigenvalue weighted by Crippen LogP contribution is -2.57. The Balaban J connectivity index is 0.894. The number of hydrogen-bond donors (Lipinski definition) is 5. The molecule has 0 radical (unpaired) electrons. The third-order valence-electron chi connectivity index (χ3n) is 13.0. The maximum atomic E-state index is 14.1. The number of hydrogen-bond acceptors (Lipinski definition) is 10. The van der Waals surface area contributed by atoms with E-state index in [1.54, 1.807) is 35.6 Å². The predicted molar refractivity (Wildman–Crippen MR) is 266 cm³/mol. The van der Waals surface area contributed by atoms with Crippen LogP contribution in [0.4, 0.5) is 5.82 Å². The first-order valence-corrected chi connectivity index (χ1v) is 24.2. The van der Waals surface area contributed by atoms with Gasteiger partial charge in [0.25, 0.3) is 5.91 Å². The number of rotatable bonds is 15. The summed E-state index contributed by atoms with van der Waals surface area (Å²) < 4.78 is 0. The Morgan fingerprint density at radius 2 is 1.69 bits per heavy atom. The molecule has 15 heteroatoms. The van der Waals surface area contributed by atoms with Crippen molar-refractivity contribution in [2.45, 2.75) is 117 Å². The van der Waals surface area contributed by atoms with Crippen molar-refractivity contribution >= 4 is 40.8 Å². The fourth-order valence-electron chi connectivity index (χ4n) is 9.18. The molecule has 3 aromatic carbocycles. The van der Waals surface area contributed by atoms with Crippen molar-refractivity contribution in [3.05, 3.63) is 124 Å². The van der Waals surface area contributed by atoms with E-state index < -0.39 is 29.5 Å². The van der Waals surface area contributed by atoms with E-state index in [2.05, 4.69) is 105 Å². The predicted octanol–water partition coefficient (Wildman–Crippen LogP) is 7.34. The Kier molecular flexibility index (Phi) is 15.3. The van der Waals surface area contributed by atoms with E-state index in [1.165, 1.54) is 10.5 Å². The van der Waals surface area contributed by atoms with Gasteiger partial charge < -0.3 is 30.9 Å². The lowest BCUT2D eigenvalue weighted by molar-refractivity contribution is -0.144. The number of fused-ring (bicyclic) bond motifs is 1.